The van der Waals surface area contributed by atoms with E-state index >= 15 is 0 Å². The summed E-state index contributed by atoms with van der Waals surface area (Å²) in [6.45, 7) is 4.46. The van der Waals surface area contributed by atoms with Gasteiger partial charge in [0.25, 0.3) is 0 Å². The highest BCUT2D eigenvalue weighted by Gasteiger charge is 2.58. The first-order chi connectivity index (χ1) is 16.9. The van der Waals surface area contributed by atoms with Gasteiger partial charge in [0.1, 0.15) is 5.92 Å². The third-order valence-electron chi connectivity index (χ3n) is 12.8. The molecule has 0 spiro atoms. The number of nitrogens with one attached hydrogen (secondary N) is 2. The van der Waals surface area contributed by atoms with Crippen LogP contribution in [0.25, 0.3) is 0 Å². The maximum atomic E-state index is 14.1. The second kappa shape index (κ2) is 8.48. The van der Waals surface area contributed by atoms with Crippen molar-refractivity contribution in [2.45, 2.75) is 116 Å². The molecule has 0 saturated heterocycles. The molecule has 9 atom stereocenters. The number of hydrogen-bond donors (Lipinski definition) is 2. The molecule has 1 unspecified atom stereocenters. The summed E-state index contributed by atoms with van der Waals surface area (Å²) in [6, 6.07) is 0.398. The molecule has 2 N–H and O–H groups in total. The van der Waals surface area contributed by atoms with Crippen molar-refractivity contribution in [2.24, 2.45) is 64.6 Å². The summed E-state index contributed by atoms with van der Waals surface area (Å²) < 4.78 is 0. The zero-order valence-electron chi connectivity index (χ0n) is 22.1. The SMILES string of the molecule is C[C@H](NC(=O)C(C(=O)N[C@@H](C)[C@H]1C[C@@H]2CC[C@@H]1C2)C12CC3CC(CC(C3)C1)C2)[C@@H]1C[C@@H]2CC[C@@H]1C2. The number of amides is 2. The third kappa shape index (κ3) is 3.90. The number of carbonyl (C=O) groups is 2. The summed E-state index contributed by atoms with van der Waals surface area (Å²) in [5.74, 6) is 6.47. The lowest BCUT2D eigenvalue weighted by molar-refractivity contribution is -0.154. The van der Waals surface area contributed by atoms with E-state index in [1.807, 2.05) is 0 Å². The first kappa shape index (κ1) is 23.1. The number of hydrogen-bond acceptors (Lipinski definition) is 2. The van der Waals surface area contributed by atoms with Crippen molar-refractivity contribution in [3.8, 4) is 0 Å². The average Bonchev–Trinajstić information content (AvgIpc) is 3.59. The van der Waals surface area contributed by atoms with Gasteiger partial charge in [-0.25, -0.2) is 0 Å². The van der Waals surface area contributed by atoms with Gasteiger partial charge in [0.05, 0.1) is 0 Å². The van der Waals surface area contributed by atoms with Crippen molar-refractivity contribution in [3.05, 3.63) is 0 Å². The van der Waals surface area contributed by atoms with Crippen LogP contribution in [-0.2, 0) is 9.59 Å². The molecule has 2 amide bonds. The Balaban J connectivity index is 1.11. The fourth-order valence-corrected chi connectivity index (χ4v) is 11.8. The fraction of sp³-hybridized carbons (Fsp3) is 0.935. The molecule has 0 aliphatic heterocycles. The molecule has 0 aromatic rings. The van der Waals surface area contributed by atoms with Crippen LogP contribution in [0.3, 0.4) is 0 Å². The van der Waals surface area contributed by atoms with E-state index in [1.165, 1.54) is 70.6 Å². The van der Waals surface area contributed by atoms with Crippen LogP contribution in [0.5, 0.6) is 0 Å². The Morgan fingerprint density at radius 3 is 1.37 bits per heavy atom. The van der Waals surface area contributed by atoms with Gasteiger partial charge in [0, 0.05) is 12.1 Å². The maximum Gasteiger partial charge on any atom is 0.233 e. The molecular formula is C31H48N2O2. The largest absolute Gasteiger partial charge is 0.353 e. The van der Waals surface area contributed by atoms with Gasteiger partial charge in [-0.1, -0.05) is 12.8 Å². The Morgan fingerprint density at radius 2 is 1.03 bits per heavy atom. The second-order valence-electron chi connectivity index (χ2n) is 15.0. The van der Waals surface area contributed by atoms with Gasteiger partial charge < -0.3 is 10.6 Å². The molecule has 35 heavy (non-hydrogen) atoms. The minimum absolute atomic E-state index is 0.0693. The van der Waals surface area contributed by atoms with E-state index in [9.17, 15) is 9.59 Å². The van der Waals surface area contributed by atoms with E-state index in [0.717, 1.165) is 60.7 Å². The van der Waals surface area contributed by atoms with Crippen molar-refractivity contribution in [1.29, 1.82) is 0 Å². The Kier molecular flexibility index (Phi) is 5.60. The highest BCUT2D eigenvalue weighted by atomic mass is 16.2. The molecular weight excluding hydrogens is 432 g/mol. The van der Waals surface area contributed by atoms with Crippen LogP contribution in [0.15, 0.2) is 0 Å². The minimum atomic E-state index is -0.488. The zero-order chi connectivity index (χ0) is 23.9. The van der Waals surface area contributed by atoms with Gasteiger partial charge in [-0.2, -0.15) is 0 Å². The molecule has 8 rings (SSSR count). The number of rotatable bonds is 7. The normalized spacial score (nSPS) is 49.3. The van der Waals surface area contributed by atoms with Crippen molar-refractivity contribution >= 4 is 11.8 Å². The topological polar surface area (TPSA) is 58.2 Å². The summed E-state index contributed by atoms with van der Waals surface area (Å²) in [7, 11) is 0. The van der Waals surface area contributed by atoms with E-state index in [0.29, 0.717) is 11.8 Å². The average molecular weight is 481 g/mol. The van der Waals surface area contributed by atoms with E-state index in [4.69, 9.17) is 0 Å². The van der Waals surface area contributed by atoms with Gasteiger partial charge in [0.2, 0.25) is 11.8 Å². The second-order valence-corrected chi connectivity index (χ2v) is 15.0. The van der Waals surface area contributed by atoms with Crippen molar-refractivity contribution in [1.82, 2.24) is 10.6 Å². The van der Waals surface area contributed by atoms with Crippen LogP contribution >= 0.6 is 0 Å². The maximum absolute atomic E-state index is 14.1. The van der Waals surface area contributed by atoms with Crippen LogP contribution in [0.1, 0.15) is 104 Å². The van der Waals surface area contributed by atoms with Gasteiger partial charge in [-0.05, 0) is 150 Å². The highest BCUT2D eigenvalue weighted by Crippen LogP contribution is 2.63. The van der Waals surface area contributed by atoms with Crippen LogP contribution in [0, 0.1) is 64.6 Å². The van der Waals surface area contributed by atoms with Crippen molar-refractivity contribution in [2.75, 3.05) is 0 Å². The van der Waals surface area contributed by atoms with E-state index in [-0.39, 0.29) is 29.3 Å². The van der Waals surface area contributed by atoms with E-state index in [1.54, 1.807) is 0 Å². The fourth-order valence-electron chi connectivity index (χ4n) is 11.8. The molecule has 0 aromatic carbocycles. The van der Waals surface area contributed by atoms with Crippen molar-refractivity contribution < 1.29 is 9.59 Å². The highest BCUT2D eigenvalue weighted by molar-refractivity contribution is 6.01. The Labute approximate surface area is 212 Å². The lowest BCUT2D eigenvalue weighted by atomic mass is 9.46. The zero-order valence-corrected chi connectivity index (χ0v) is 22.1. The smallest absolute Gasteiger partial charge is 0.233 e. The molecule has 8 fully saturated rings. The lowest BCUT2D eigenvalue weighted by Gasteiger charge is -2.58. The first-order valence-corrected chi connectivity index (χ1v) is 15.5. The summed E-state index contributed by atoms with van der Waals surface area (Å²) >= 11 is 0. The van der Waals surface area contributed by atoms with E-state index in [2.05, 4.69) is 24.5 Å². The predicted molar refractivity (Wildman–Crippen MR) is 137 cm³/mol. The molecule has 4 heteroatoms. The predicted octanol–water partition coefficient (Wildman–Crippen LogP) is 5.70. The number of fused-ring (bicyclic) bond motifs is 4. The van der Waals surface area contributed by atoms with Gasteiger partial charge in [0.15, 0.2) is 0 Å². The lowest BCUT2D eigenvalue weighted by Crippen LogP contribution is -2.59. The quantitative estimate of drug-likeness (QED) is 0.459. The van der Waals surface area contributed by atoms with Crippen LogP contribution in [0.4, 0.5) is 0 Å². The van der Waals surface area contributed by atoms with E-state index < -0.39 is 5.92 Å². The molecule has 0 aromatic heterocycles. The van der Waals surface area contributed by atoms with Crippen LogP contribution in [-0.4, -0.2) is 23.9 Å². The summed E-state index contributed by atoms with van der Waals surface area (Å²) in [5.41, 5.74) is -0.0915. The molecule has 8 aliphatic rings. The van der Waals surface area contributed by atoms with Gasteiger partial charge >= 0.3 is 0 Å². The third-order valence-corrected chi connectivity index (χ3v) is 12.8. The van der Waals surface area contributed by atoms with Gasteiger partial charge in [-0.15, -0.1) is 0 Å². The molecule has 0 heterocycles. The molecule has 8 saturated carbocycles. The molecule has 4 nitrogen and oxygen atoms in total. The monoisotopic (exact) mass is 480 g/mol. The molecule has 0 radical (unpaired) electrons. The van der Waals surface area contributed by atoms with Crippen molar-refractivity contribution in [3.63, 3.8) is 0 Å². The summed E-state index contributed by atoms with van der Waals surface area (Å²) in [4.78, 5) is 28.3. The Hall–Kier alpha value is -1.06. The molecule has 194 valence electrons. The minimum Gasteiger partial charge on any atom is -0.353 e. The van der Waals surface area contributed by atoms with Gasteiger partial charge in [-0.3, -0.25) is 9.59 Å². The Morgan fingerprint density at radius 1 is 0.600 bits per heavy atom. The standard InChI is InChI=1S/C31H48N2O2/c1-17(26-12-19-3-5-24(26)10-19)32-29(34)28(31-14-21-7-22(15-31)9-23(8-21)16-31)30(35)33-18(2)27-13-20-4-6-25(27)11-20/h17-28H,3-16H2,1-2H3,(H,32,34)(H,33,35)/t17-,18-,19+,20+,21?,22?,23?,24+,25+,26-,27+,28?,31?/m0/s1. The number of carbonyl (C=O) groups excluding carboxylic acids is 2. The Bertz CT molecular complexity index is 785. The van der Waals surface area contributed by atoms with Crippen LogP contribution in [0.2, 0.25) is 0 Å². The van der Waals surface area contributed by atoms with Crippen LogP contribution < -0.4 is 10.6 Å². The summed E-state index contributed by atoms with van der Waals surface area (Å²) in [5, 5.41) is 6.97. The summed E-state index contributed by atoms with van der Waals surface area (Å²) in [6.07, 6.45) is 18.1. The first-order valence-electron chi connectivity index (χ1n) is 15.5. The molecule has 8 bridgehead atoms. The molecule has 8 aliphatic carbocycles.